The molecule has 0 amide bonds. The van der Waals surface area contributed by atoms with Crippen molar-refractivity contribution in [2.24, 2.45) is 0 Å². The Bertz CT molecular complexity index is 3360. The van der Waals surface area contributed by atoms with Gasteiger partial charge < -0.3 is 4.90 Å². The van der Waals surface area contributed by atoms with Gasteiger partial charge in [0.2, 0.25) is 0 Å². The van der Waals surface area contributed by atoms with Crippen molar-refractivity contribution in [2.45, 2.75) is 23.7 Å². The van der Waals surface area contributed by atoms with E-state index in [1.807, 2.05) is 0 Å². The second-order valence-electron chi connectivity index (χ2n) is 18.0. The molecule has 0 heterocycles. The van der Waals surface area contributed by atoms with E-state index in [0.29, 0.717) is 0 Å². The SMILES string of the molecule is c1ccc(-c2ccccc2N(c2ccc(-c3ccc4c(c3)C3(Cc5ccccc5C3)c3ccccc3-4)cc2)c2ccc3c(c2)C(c2ccccc2)(c2ccccc2)c2ccccc2-3)cc1. The first-order chi connectivity index (χ1) is 32.2. The van der Waals surface area contributed by atoms with E-state index in [4.69, 9.17) is 0 Å². The third-order valence-corrected chi connectivity index (χ3v) is 14.8. The van der Waals surface area contributed by atoms with Crippen molar-refractivity contribution < 1.29 is 0 Å². The standard InChI is InChI=1S/C64H45N/c1-4-18-45(19-5-1)53-26-14-17-31-62(53)65(52-37-39-57-55-28-13-16-30-59(55)64(61(57)41-52,49-22-6-2-7-23-49)50-24-8-3-9-25-50)51-35-32-44(33-36-51)46-34-38-56-54-27-12-15-29-58(54)63(60(56)40-46)42-47-20-10-11-21-48(47)43-63/h1-41H,42-43H2. The van der Waals surface area contributed by atoms with Gasteiger partial charge >= 0.3 is 0 Å². The lowest BCUT2D eigenvalue weighted by Crippen LogP contribution is -2.28. The summed E-state index contributed by atoms with van der Waals surface area (Å²) in [6, 6.07) is 92.7. The summed E-state index contributed by atoms with van der Waals surface area (Å²) in [6.45, 7) is 0. The lowest BCUT2D eigenvalue weighted by atomic mass is 9.67. The van der Waals surface area contributed by atoms with Gasteiger partial charge in [-0.2, -0.15) is 0 Å². The fraction of sp³-hybridized carbons (Fsp3) is 0.0625. The van der Waals surface area contributed by atoms with Crippen LogP contribution < -0.4 is 4.90 Å². The number of para-hydroxylation sites is 1. The molecule has 0 fully saturated rings. The highest BCUT2D eigenvalue weighted by atomic mass is 15.1. The van der Waals surface area contributed by atoms with Crippen molar-refractivity contribution in [3.05, 3.63) is 293 Å². The number of hydrogen-bond acceptors (Lipinski definition) is 1. The Morgan fingerprint density at radius 2 is 0.769 bits per heavy atom. The van der Waals surface area contributed by atoms with E-state index in [9.17, 15) is 0 Å². The zero-order valence-corrected chi connectivity index (χ0v) is 36.0. The van der Waals surface area contributed by atoms with E-state index >= 15 is 0 Å². The molecule has 1 nitrogen and oxygen atoms in total. The quantitative estimate of drug-likeness (QED) is 0.155. The van der Waals surface area contributed by atoms with Crippen molar-refractivity contribution in [3.63, 3.8) is 0 Å². The van der Waals surface area contributed by atoms with Gasteiger partial charge in [-0.15, -0.1) is 0 Å². The molecule has 0 aromatic heterocycles. The van der Waals surface area contributed by atoms with Crippen LogP contribution in [0.15, 0.2) is 249 Å². The van der Waals surface area contributed by atoms with Crippen molar-refractivity contribution in [3.8, 4) is 44.5 Å². The number of nitrogens with zero attached hydrogens (tertiary/aromatic N) is 1. The highest BCUT2D eigenvalue weighted by molar-refractivity contribution is 5.93. The molecule has 0 N–H and O–H groups in total. The summed E-state index contributed by atoms with van der Waals surface area (Å²) in [5, 5.41) is 0. The molecular weight excluding hydrogens is 783 g/mol. The molecule has 1 heteroatoms. The van der Waals surface area contributed by atoms with E-state index in [1.54, 1.807) is 0 Å². The second-order valence-corrected chi connectivity index (χ2v) is 18.0. The molecule has 0 unspecified atom stereocenters. The Labute approximate surface area is 381 Å². The molecule has 306 valence electrons. The average Bonchev–Trinajstić information content (AvgIpc) is 4.01. The molecule has 65 heavy (non-hydrogen) atoms. The summed E-state index contributed by atoms with van der Waals surface area (Å²) in [5.74, 6) is 0. The van der Waals surface area contributed by atoms with Crippen LogP contribution in [0.5, 0.6) is 0 Å². The van der Waals surface area contributed by atoms with Crippen molar-refractivity contribution in [1.82, 2.24) is 0 Å². The molecule has 3 aliphatic carbocycles. The minimum Gasteiger partial charge on any atom is -0.310 e. The highest BCUT2D eigenvalue weighted by Crippen LogP contribution is 2.58. The summed E-state index contributed by atoms with van der Waals surface area (Å²) in [4.78, 5) is 2.47. The fourth-order valence-electron chi connectivity index (χ4n) is 12.0. The number of rotatable bonds is 7. The third-order valence-electron chi connectivity index (χ3n) is 14.8. The Balaban J connectivity index is 0.978. The Kier molecular flexibility index (Phi) is 8.55. The monoisotopic (exact) mass is 827 g/mol. The third kappa shape index (κ3) is 5.65. The summed E-state index contributed by atoms with van der Waals surface area (Å²) < 4.78 is 0. The maximum atomic E-state index is 2.50. The zero-order chi connectivity index (χ0) is 43.0. The first kappa shape index (κ1) is 37.5. The number of fused-ring (bicyclic) bond motifs is 9. The van der Waals surface area contributed by atoms with Gasteiger partial charge in [-0.1, -0.05) is 212 Å². The predicted molar refractivity (Wildman–Crippen MR) is 269 cm³/mol. The van der Waals surface area contributed by atoms with Gasteiger partial charge in [0, 0.05) is 22.4 Å². The van der Waals surface area contributed by atoms with Gasteiger partial charge in [-0.05, 0) is 133 Å². The van der Waals surface area contributed by atoms with E-state index in [-0.39, 0.29) is 5.41 Å². The largest absolute Gasteiger partial charge is 0.310 e. The van der Waals surface area contributed by atoms with Gasteiger partial charge in [0.15, 0.2) is 0 Å². The van der Waals surface area contributed by atoms with Crippen LogP contribution in [0.3, 0.4) is 0 Å². The van der Waals surface area contributed by atoms with E-state index in [0.717, 1.165) is 29.9 Å². The molecule has 0 radical (unpaired) electrons. The Morgan fingerprint density at radius 1 is 0.292 bits per heavy atom. The lowest BCUT2D eigenvalue weighted by molar-refractivity contribution is 0.564. The molecule has 0 atom stereocenters. The molecule has 0 aliphatic heterocycles. The molecule has 0 bridgehead atoms. The van der Waals surface area contributed by atoms with Gasteiger partial charge in [-0.25, -0.2) is 0 Å². The average molecular weight is 828 g/mol. The topological polar surface area (TPSA) is 3.24 Å². The smallest absolute Gasteiger partial charge is 0.0714 e. The number of hydrogen-bond donors (Lipinski definition) is 0. The summed E-state index contributed by atoms with van der Waals surface area (Å²) in [7, 11) is 0. The van der Waals surface area contributed by atoms with Crippen LogP contribution in [0.25, 0.3) is 44.5 Å². The summed E-state index contributed by atoms with van der Waals surface area (Å²) in [5.41, 5.74) is 23.9. The van der Waals surface area contributed by atoms with Crippen LogP contribution in [0.1, 0.15) is 44.5 Å². The zero-order valence-electron chi connectivity index (χ0n) is 36.0. The van der Waals surface area contributed by atoms with E-state index in [1.165, 1.54) is 89.0 Å². The van der Waals surface area contributed by atoms with Crippen LogP contribution >= 0.6 is 0 Å². The predicted octanol–water partition coefficient (Wildman–Crippen LogP) is 15.9. The maximum absolute atomic E-state index is 2.50. The normalized spacial score (nSPS) is 14.3. The van der Waals surface area contributed by atoms with Gasteiger partial charge in [0.25, 0.3) is 0 Å². The van der Waals surface area contributed by atoms with Gasteiger partial charge in [-0.3, -0.25) is 0 Å². The first-order valence-corrected chi connectivity index (χ1v) is 22.9. The number of anilines is 3. The van der Waals surface area contributed by atoms with Crippen LogP contribution in [0, 0.1) is 0 Å². The van der Waals surface area contributed by atoms with Crippen molar-refractivity contribution >= 4 is 17.1 Å². The maximum Gasteiger partial charge on any atom is 0.0714 e. The molecule has 10 aromatic rings. The molecule has 0 saturated carbocycles. The molecule has 13 rings (SSSR count). The van der Waals surface area contributed by atoms with Crippen molar-refractivity contribution in [1.29, 1.82) is 0 Å². The minimum absolute atomic E-state index is 0.0501. The molecule has 3 aliphatic rings. The van der Waals surface area contributed by atoms with Crippen LogP contribution in [0.2, 0.25) is 0 Å². The van der Waals surface area contributed by atoms with Crippen molar-refractivity contribution in [2.75, 3.05) is 4.90 Å². The van der Waals surface area contributed by atoms with E-state index in [2.05, 4.69) is 254 Å². The van der Waals surface area contributed by atoms with Crippen LogP contribution in [-0.2, 0) is 23.7 Å². The van der Waals surface area contributed by atoms with Gasteiger partial charge in [0.05, 0.1) is 11.1 Å². The molecular formula is C64H45N. The minimum atomic E-state index is -0.510. The summed E-state index contributed by atoms with van der Waals surface area (Å²) >= 11 is 0. The Morgan fingerprint density at radius 3 is 1.45 bits per heavy atom. The first-order valence-electron chi connectivity index (χ1n) is 22.9. The van der Waals surface area contributed by atoms with Gasteiger partial charge in [0.1, 0.15) is 0 Å². The fourth-order valence-corrected chi connectivity index (χ4v) is 12.0. The van der Waals surface area contributed by atoms with Crippen LogP contribution in [-0.4, -0.2) is 0 Å². The summed E-state index contributed by atoms with van der Waals surface area (Å²) in [6.07, 6.45) is 2.07. The molecule has 1 spiro atoms. The lowest BCUT2D eigenvalue weighted by Gasteiger charge is -2.35. The highest BCUT2D eigenvalue weighted by Gasteiger charge is 2.48. The molecule has 0 saturated heterocycles. The van der Waals surface area contributed by atoms with E-state index < -0.39 is 5.41 Å². The second kappa shape index (κ2) is 14.8. The Hall–Kier alpha value is -8.00. The van der Waals surface area contributed by atoms with Crippen LogP contribution in [0.4, 0.5) is 17.1 Å². The molecule has 10 aromatic carbocycles. The number of benzene rings is 10.